The fourth-order valence-corrected chi connectivity index (χ4v) is 0.876. The number of nitrogens with zero attached hydrogens (tertiary/aromatic N) is 1. The molecule has 12 heavy (non-hydrogen) atoms. The molecule has 0 aliphatic carbocycles. The van der Waals surface area contributed by atoms with Crippen molar-refractivity contribution in [3.63, 3.8) is 0 Å². The fraction of sp³-hybridized carbons (Fsp3) is 0.250. The zero-order valence-corrected chi connectivity index (χ0v) is 6.90. The molecule has 0 fully saturated rings. The lowest BCUT2D eigenvalue weighted by Gasteiger charge is -2.02. The first kappa shape index (κ1) is 8.52. The van der Waals surface area contributed by atoms with Gasteiger partial charge in [0.15, 0.2) is 6.29 Å². The summed E-state index contributed by atoms with van der Waals surface area (Å²) in [4.78, 5) is 20.9. The van der Waals surface area contributed by atoms with Gasteiger partial charge in [0.25, 0.3) is 0 Å². The largest absolute Gasteiger partial charge is 0.409 e. The number of hydrogen-bond donors (Lipinski definition) is 0. The highest BCUT2D eigenvalue weighted by Crippen LogP contribution is 2.13. The van der Waals surface area contributed by atoms with Crippen LogP contribution < -0.4 is 4.74 Å². The minimum atomic E-state index is -0.395. The van der Waals surface area contributed by atoms with Gasteiger partial charge in [-0.1, -0.05) is 0 Å². The standard InChI is InChI=1S/C8H9NO3/c1-6(11)12-8-4-3-7(5-10)9(8)2/h3-5H,1-2H3. The molecule has 0 bridgehead atoms. The lowest BCUT2D eigenvalue weighted by Crippen LogP contribution is -2.06. The summed E-state index contributed by atoms with van der Waals surface area (Å²) in [6.45, 7) is 1.31. The fourth-order valence-electron chi connectivity index (χ4n) is 0.876. The molecule has 64 valence electrons. The molecular formula is C8H9NO3. The van der Waals surface area contributed by atoms with Crippen LogP contribution in [0.15, 0.2) is 12.1 Å². The Morgan fingerprint density at radius 3 is 2.67 bits per heavy atom. The molecule has 0 aromatic carbocycles. The molecule has 4 heteroatoms. The van der Waals surface area contributed by atoms with Gasteiger partial charge in [0, 0.05) is 20.0 Å². The number of esters is 1. The van der Waals surface area contributed by atoms with E-state index in [4.69, 9.17) is 4.74 Å². The molecule has 1 heterocycles. The second kappa shape index (κ2) is 3.21. The molecule has 0 saturated heterocycles. The molecule has 0 unspecified atom stereocenters. The molecule has 0 spiro atoms. The van der Waals surface area contributed by atoms with E-state index >= 15 is 0 Å². The first-order valence-corrected chi connectivity index (χ1v) is 3.44. The Morgan fingerprint density at radius 2 is 2.25 bits per heavy atom. The van der Waals surface area contributed by atoms with Gasteiger partial charge in [-0.25, -0.2) is 0 Å². The first-order chi connectivity index (χ1) is 5.65. The number of aldehydes is 1. The number of ether oxygens (including phenoxy) is 1. The van der Waals surface area contributed by atoms with Gasteiger partial charge in [-0.15, -0.1) is 0 Å². The van der Waals surface area contributed by atoms with Crippen molar-refractivity contribution >= 4 is 12.3 Å². The summed E-state index contributed by atoms with van der Waals surface area (Å²) in [7, 11) is 1.65. The Hall–Kier alpha value is -1.58. The van der Waals surface area contributed by atoms with Gasteiger partial charge >= 0.3 is 5.97 Å². The van der Waals surface area contributed by atoms with Crippen LogP contribution in [0.5, 0.6) is 5.88 Å². The van der Waals surface area contributed by atoms with Crippen LogP contribution >= 0.6 is 0 Å². The molecule has 1 aromatic heterocycles. The van der Waals surface area contributed by atoms with Crippen molar-refractivity contribution in [1.82, 2.24) is 4.57 Å². The van der Waals surface area contributed by atoms with E-state index in [9.17, 15) is 9.59 Å². The van der Waals surface area contributed by atoms with Crippen LogP contribution in [0.3, 0.4) is 0 Å². The average molecular weight is 167 g/mol. The Bertz CT molecular complexity index is 314. The third-order valence-corrected chi connectivity index (χ3v) is 1.48. The molecule has 4 nitrogen and oxygen atoms in total. The predicted octanol–water partition coefficient (Wildman–Crippen LogP) is 0.763. The van der Waals surface area contributed by atoms with Crippen LogP contribution in [0.4, 0.5) is 0 Å². The third kappa shape index (κ3) is 1.53. The molecular weight excluding hydrogens is 158 g/mol. The molecule has 1 aromatic rings. The van der Waals surface area contributed by atoms with E-state index in [2.05, 4.69) is 0 Å². The number of rotatable bonds is 2. The van der Waals surface area contributed by atoms with Gasteiger partial charge in [0.05, 0.1) is 5.69 Å². The maximum atomic E-state index is 10.5. The lowest BCUT2D eigenvalue weighted by molar-refractivity contribution is -0.132. The summed E-state index contributed by atoms with van der Waals surface area (Å²) < 4.78 is 6.30. The monoisotopic (exact) mass is 167 g/mol. The molecule has 0 saturated carbocycles. The van der Waals surface area contributed by atoms with Crippen molar-refractivity contribution < 1.29 is 14.3 Å². The van der Waals surface area contributed by atoms with Crippen molar-refractivity contribution in [2.75, 3.05) is 0 Å². The Labute approximate surface area is 69.7 Å². The predicted molar refractivity (Wildman–Crippen MR) is 42.1 cm³/mol. The summed E-state index contributed by atoms with van der Waals surface area (Å²) >= 11 is 0. The highest BCUT2D eigenvalue weighted by molar-refractivity contribution is 5.74. The van der Waals surface area contributed by atoms with Gasteiger partial charge in [-0.3, -0.25) is 9.59 Å². The first-order valence-electron chi connectivity index (χ1n) is 3.44. The highest BCUT2D eigenvalue weighted by atomic mass is 16.5. The Balaban J connectivity index is 2.94. The maximum absolute atomic E-state index is 10.5. The topological polar surface area (TPSA) is 48.3 Å². The second-order valence-corrected chi connectivity index (χ2v) is 2.37. The normalized spacial score (nSPS) is 9.50. The Morgan fingerprint density at radius 1 is 1.58 bits per heavy atom. The lowest BCUT2D eigenvalue weighted by atomic mass is 10.5. The summed E-state index contributed by atoms with van der Waals surface area (Å²) in [6, 6.07) is 3.16. The molecule has 0 aliphatic rings. The SMILES string of the molecule is CC(=O)Oc1ccc(C=O)n1C. The minimum Gasteiger partial charge on any atom is -0.409 e. The van der Waals surface area contributed by atoms with E-state index in [1.807, 2.05) is 0 Å². The van der Waals surface area contributed by atoms with Crippen LogP contribution in [-0.2, 0) is 11.8 Å². The number of carbonyl (C=O) groups excluding carboxylic acids is 2. The van der Waals surface area contributed by atoms with E-state index in [-0.39, 0.29) is 0 Å². The van der Waals surface area contributed by atoms with Gasteiger partial charge in [0.2, 0.25) is 5.88 Å². The number of hydrogen-bond acceptors (Lipinski definition) is 3. The molecule has 0 N–H and O–H groups in total. The van der Waals surface area contributed by atoms with E-state index in [1.165, 1.54) is 11.5 Å². The zero-order valence-electron chi connectivity index (χ0n) is 6.90. The number of aromatic nitrogens is 1. The van der Waals surface area contributed by atoms with Crippen molar-refractivity contribution in [3.8, 4) is 5.88 Å². The van der Waals surface area contributed by atoms with Gasteiger partial charge in [0.1, 0.15) is 0 Å². The van der Waals surface area contributed by atoms with E-state index in [0.29, 0.717) is 17.9 Å². The van der Waals surface area contributed by atoms with Crippen LogP contribution in [0.25, 0.3) is 0 Å². The molecule has 0 aliphatic heterocycles. The molecule has 0 atom stereocenters. The summed E-state index contributed by atoms with van der Waals surface area (Å²) in [5.41, 5.74) is 0.478. The van der Waals surface area contributed by atoms with Crippen molar-refractivity contribution in [1.29, 1.82) is 0 Å². The third-order valence-electron chi connectivity index (χ3n) is 1.48. The van der Waals surface area contributed by atoms with Gasteiger partial charge in [-0.05, 0) is 6.07 Å². The van der Waals surface area contributed by atoms with Crippen LogP contribution in [0.2, 0.25) is 0 Å². The molecule has 1 rings (SSSR count). The maximum Gasteiger partial charge on any atom is 0.309 e. The van der Waals surface area contributed by atoms with Crippen LogP contribution in [-0.4, -0.2) is 16.8 Å². The smallest absolute Gasteiger partial charge is 0.309 e. The van der Waals surface area contributed by atoms with E-state index in [1.54, 1.807) is 19.2 Å². The average Bonchev–Trinajstić information content (AvgIpc) is 2.32. The number of carbonyl (C=O) groups is 2. The van der Waals surface area contributed by atoms with E-state index in [0.717, 1.165) is 0 Å². The second-order valence-electron chi connectivity index (χ2n) is 2.37. The summed E-state index contributed by atoms with van der Waals surface area (Å²) in [5.74, 6) is -0.0155. The van der Waals surface area contributed by atoms with Gasteiger partial charge < -0.3 is 9.30 Å². The minimum absolute atomic E-state index is 0.379. The van der Waals surface area contributed by atoms with Crippen molar-refractivity contribution in [3.05, 3.63) is 17.8 Å². The summed E-state index contributed by atoms with van der Waals surface area (Å²) in [6.07, 6.45) is 0.701. The van der Waals surface area contributed by atoms with Crippen molar-refractivity contribution in [2.24, 2.45) is 7.05 Å². The highest BCUT2D eigenvalue weighted by Gasteiger charge is 2.05. The Kier molecular flexibility index (Phi) is 2.28. The van der Waals surface area contributed by atoms with Crippen LogP contribution in [0, 0.1) is 0 Å². The van der Waals surface area contributed by atoms with Gasteiger partial charge in [-0.2, -0.15) is 0 Å². The quantitative estimate of drug-likeness (QED) is 0.482. The van der Waals surface area contributed by atoms with E-state index < -0.39 is 5.97 Å². The zero-order chi connectivity index (χ0) is 9.14. The molecule has 0 amide bonds. The molecule has 0 radical (unpaired) electrons. The van der Waals surface area contributed by atoms with Crippen LogP contribution in [0.1, 0.15) is 17.4 Å². The van der Waals surface area contributed by atoms with Crippen molar-refractivity contribution in [2.45, 2.75) is 6.92 Å². The summed E-state index contributed by atoms with van der Waals surface area (Å²) in [5, 5.41) is 0.